The monoisotopic (exact) mass is 539 g/mol. The third-order valence-electron chi connectivity index (χ3n) is 6.70. The molecule has 1 aromatic heterocycles. The molecule has 0 aliphatic rings. The molecule has 1 atom stereocenters. The largest absolute Gasteiger partial charge is 0.478 e. The smallest absolute Gasteiger partial charge is 0.348 e. The van der Waals surface area contributed by atoms with Gasteiger partial charge in [0.15, 0.2) is 5.60 Å². The number of hydrogen-bond donors (Lipinski definition) is 1. The van der Waals surface area contributed by atoms with Crippen LogP contribution in [0.2, 0.25) is 0 Å². The van der Waals surface area contributed by atoms with Gasteiger partial charge in [-0.3, -0.25) is 4.79 Å². The average Bonchev–Trinajstić information content (AvgIpc) is 3.01. The molecule has 40 heavy (non-hydrogen) atoms. The van der Waals surface area contributed by atoms with Crippen LogP contribution in [0.3, 0.4) is 0 Å². The molecule has 0 bridgehead atoms. The van der Waals surface area contributed by atoms with Gasteiger partial charge in [-0.1, -0.05) is 92.7 Å². The molecule has 3 aromatic carbocycles. The lowest BCUT2D eigenvalue weighted by Gasteiger charge is -2.39. The standard InChI is InChI=1S/C32H33N3O5/c1-4-25-21-26(5-2)34-31(33-25)40-29(30(37)38)32(23-15-9-6-10-16-23,24-17-11-7-12-18-24)39-22-28(36)35(3)27-19-13-8-14-20-27/h6-21,29H,4-5,22H2,1-3H3,(H,37,38). The number of amides is 1. The van der Waals surface area contributed by atoms with E-state index in [1.54, 1.807) is 55.6 Å². The molecule has 0 saturated carbocycles. The van der Waals surface area contributed by atoms with Crippen LogP contribution in [0.15, 0.2) is 97.1 Å². The number of carboxylic acids is 1. The number of rotatable bonds is 12. The van der Waals surface area contributed by atoms with Crippen LogP contribution in [0.5, 0.6) is 6.01 Å². The van der Waals surface area contributed by atoms with Crippen molar-refractivity contribution >= 4 is 17.6 Å². The highest BCUT2D eigenvalue weighted by molar-refractivity contribution is 5.93. The number of carboxylic acid groups (broad SMARTS) is 1. The van der Waals surface area contributed by atoms with E-state index in [9.17, 15) is 14.7 Å². The number of nitrogens with zero attached hydrogens (tertiary/aromatic N) is 3. The van der Waals surface area contributed by atoms with E-state index in [0.29, 0.717) is 29.7 Å². The van der Waals surface area contributed by atoms with Gasteiger partial charge in [0.1, 0.15) is 6.61 Å². The summed E-state index contributed by atoms with van der Waals surface area (Å²) in [4.78, 5) is 36.8. The van der Waals surface area contributed by atoms with Gasteiger partial charge in [0.25, 0.3) is 5.91 Å². The van der Waals surface area contributed by atoms with Gasteiger partial charge in [-0.05, 0) is 42.2 Å². The van der Waals surface area contributed by atoms with Crippen LogP contribution in [-0.2, 0) is 32.8 Å². The van der Waals surface area contributed by atoms with Crippen LogP contribution in [0.1, 0.15) is 36.4 Å². The lowest BCUT2D eigenvalue weighted by Crippen LogP contribution is -2.52. The van der Waals surface area contributed by atoms with Crippen molar-refractivity contribution in [2.75, 3.05) is 18.6 Å². The minimum Gasteiger partial charge on any atom is -0.478 e. The minimum absolute atomic E-state index is 0.0591. The zero-order valence-corrected chi connectivity index (χ0v) is 22.9. The Bertz CT molecular complexity index is 1350. The van der Waals surface area contributed by atoms with E-state index < -0.39 is 24.3 Å². The molecule has 0 fully saturated rings. The van der Waals surface area contributed by atoms with Crippen molar-refractivity contribution in [1.29, 1.82) is 0 Å². The predicted molar refractivity (Wildman–Crippen MR) is 152 cm³/mol. The van der Waals surface area contributed by atoms with E-state index in [-0.39, 0.29) is 11.9 Å². The predicted octanol–water partition coefficient (Wildman–Crippen LogP) is 5.06. The summed E-state index contributed by atoms with van der Waals surface area (Å²) in [6, 6.07) is 28.8. The molecule has 0 saturated heterocycles. The van der Waals surface area contributed by atoms with Crippen molar-refractivity contribution < 1.29 is 24.2 Å². The summed E-state index contributed by atoms with van der Waals surface area (Å²) in [6.07, 6.45) is -0.379. The van der Waals surface area contributed by atoms with Gasteiger partial charge in [0.05, 0.1) is 0 Å². The van der Waals surface area contributed by atoms with Crippen molar-refractivity contribution in [2.24, 2.45) is 0 Å². The van der Waals surface area contributed by atoms with E-state index >= 15 is 0 Å². The molecule has 0 spiro atoms. The number of benzene rings is 3. The molecule has 8 nitrogen and oxygen atoms in total. The van der Waals surface area contributed by atoms with Crippen molar-refractivity contribution in [3.63, 3.8) is 0 Å². The normalized spacial score (nSPS) is 12.0. The fraction of sp³-hybridized carbons (Fsp3) is 0.250. The summed E-state index contributed by atoms with van der Waals surface area (Å²) < 4.78 is 12.6. The van der Waals surface area contributed by atoms with E-state index in [0.717, 1.165) is 11.4 Å². The first-order valence-corrected chi connectivity index (χ1v) is 13.2. The van der Waals surface area contributed by atoms with Gasteiger partial charge >= 0.3 is 12.0 Å². The Kier molecular flexibility index (Phi) is 9.24. The molecule has 0 aliphatic carbocycles. The minimum atomic E-state index is -1.72. The van der Waals surface area contributed by atoms with Gasteiger partial charge in [-0.2, -0.15) is 0 Å². The highest BCUT2D eigenvalue weighted by Crippen LogP contribution is 2.39. The van der Waals surface area contributed by atoms with Crippen LogP contribution in [-0.4, -0.2) is 46.7 Å². The zero-order valence-electron chi connectivity index (χ0n) is 22.9. The number of carbonyl (C=O) groups is 2. The van der Waals surface area contributed by atoms with Crippen molar-refractivity contribution in [3.8, 4) is 6.01 Å². The fourth-order valence-corrected chi connectivity index (χ4v) is 4.51. The highest BCUT2D eigenvalue weighted by atomic mass is 16.6. The Hall–Kier alpha value is -4.56. The van der Waals surface area contributed by atoms with Crippen LogP contribution < -0.4 is 9.64 Å². The number of ether oxygens (including phenoxy) is 2. The van der Waals surface area contributed by atoms with Crippen molar-refractivity contribution in [1.82, 2.24) is 9.97 Å². The molecule has 206 valence electrons. The molecule has 1 unspecified atom stereocenters. The summed E-state index contributed by atoms with van der Waals surface area (Å²) in [7, 11) is 1.65. The molecule has 1 amide bonds. The first kappa shape index (κ1) is 28.4. The maximum Gasteiger partial charge on any atom is 0.348 e. The maximum atomic E-state index is 13.4. The average molecular weight is 540 g/mol. The first-order valence-electron chi connectivity index (χ1n) is 13.2. The Labute approximate surface area is 234 Å². The quantitative estimate of drug-likeness (QED) is 0.269. The third kappa shape index (κ3) is 6.18. The molecule has 0 aliphatic heterocycles. The van der Waals surface area contributed by atoms with Crippen LogP contribution in [0.4, 0.5) is 5.69 Å². The number of hydrogen-bond acceptors (Lipinski definition) is 6. The van der Waals surface area contributed by atoms with Crippen LogP contribution in [0.25, 0.3) is 0 Å². The number of anilines is 1. The van der Waals surface area contributed by atoms with Crippen molar-refractivity contribution in [3.05, 3.63) is 120 Å². The summed E-state index contributed by atoms with van der Waals surface area (Å²) in [5, 5.41) is 10.6. The Morgan fingerprint density at radius 3 is 1.75 bits per heavy atom. The van der Waals surface area contributed by atoms with E-state index in [1.807, 2.05) is 62.4 Å². The number of aromatic nitrogens is 2. The molecule has 8 heteroatoms. The number of aryl methyl sites for hydroxylation is 2. The second kappa shape index (κ2) is 13.0. The number of carbonyl (C=O) groups excluding carboxylic acids is 1. The second-order valence-corrected chi connectivity index (χ2v) is 9.22. The van der Waals surface area contributed by atoms with Crippen LogP contribution in [0, 0.1) is 0 Å². The molecular weight excluding hydrogens is 506 g/mol. The third-order valence-corrected chi connectivity index (χ3v) is 6.70. The Balaban J connectivity index is 1.84. The molecule has 1 heterocycles. The molecule has 4 aromatic rings. The number of aliphatic carboxylic acids is 1. The summed E-state index contributed by atoms with van der Waals surface area (Å²) in [6.45, 7) is 3.49. The fourth-order valence-electron chi connectivity index (χ4n) is 4.51. The van der Waals surface area contributed by atoms with Crippen LogP contribution >= 0.6 is 0 Å². The second-order valence-electron chi connectivity index (χ2n) is 9.22. The highest BCUT2D eigenvalue weighted by Gasteiger charge is 2.50. The van der Waals surface area contributed by atoms with Crippen molar-refractivity contribution in [2.45, 2.75) is 38.4 Å². The summed E-state index contributed by atoms with van der Waals surface area (Å²) in [5.74, 6) is -1.65. The van der Waals surface area contributed by atoms with Gasteiger partial charge < -0.3 is 19.5 Å². The molecule has 1 N–H and O–H groups in total. The van der Waals surface area contributed by atoms with Gasteiger partial charge in [-0.15, -0.1) is 0 Å². The van der Waals surface area contributed by atoms with E-state index in [2.05, 4.69) is 9.97 Å². The summed E-state index contributed by atoms with van der Waals surface area (Å²) in [5.41, 5.74) is 1.44. The first-order chi connectivity index (χ1) is 19.4. The SMILES string of the molecule is CCc1cc(CC)nc(OC(C(=O)O)C(OCC(=O)N(C)c2ccccc2)(c2ccccc2)c2ccccc2)n1. The lowest BCUT2D eigenvalue weighted by molar-refractivity contribution is -0.166. The Morgan fingerprint density at radius 2 is 1.30 bits per heavy atom. The Morgan fingerprint density at radius 1 is 0.825 bits per heavy atom. The molecule has 4 rings (SSSR count). The number of likely N-dealkylation sites (N-methyl/N-ethyl adjacent to an activating group) is 1. The van der Waals surface area contributed by atoms with Gasteiger partial charge in [-0.25, -0.2) is 14.8 Å². The summed E-state index contributed by atoms with van der Waals surface area (Å²) >= 11 is 0. The maximum absolute atomic E-state index is 13.4. The molecule has 0 radical (unpaired) electrons. The lowest BCUT2D eigenvalue weighted by atomic mass is 9.81. The topological polar surface area (TPSA) is 102 Å². The van der Waals surface area contributed by atoms with Gasteiger partial charge in [0.2, 0.25) is 6.10 Å². The zero-order chi connectivity index (χ0) is 28.5. The van der Waals surface area contributed by atoms with E-state index in [4.69, 9.17) is 9.47 Å². The van der Waals surface area contributed by atoms with Gasteiger partial charge in [0, 0.05) is 24.1 Å². The number of para-hydroxylation sites is 1. The molecular formula is C32H33N3O5. The van der Waals surface area contributed by atoms with E-state index in [1.165, 1.54) is 4.90 Å².